The van der Waals surface area contributed by atoms with E-state index in [9.17, 15) is 31.2 Å². The molecule has 0 heterocycles. The summed E-state index contributed by atoms with van der Waals surface area (Å²) in [5.74, 6) is -2.64. The van der Waals surface area contributed by atoms with E-state index < -0.39 is 27.9 Å². The lowest BCUT2D eigenvalue weighted by molar-refractivity contribution is -0.210. The van der Waals surface area contributed by atoms with Crippen molar-refractivity contribution in [2.75, 3.05) is 6.54 Å². The molecule has 1 amide bonds. The van der Waals surface area contributed by atoms with Crippen LogP contribution < -0.4 is 10.2 Å². The topological polar surface area (TPSA) is 98.8 Å². The van der Waals surface area contributed by atoms with Gasteiger partial charge >= 0.3 is 18.1 Å². The highest BCUT2D eigenvalue weighted by molar-refractivity contribution is 7.91. The summed E-state index contributed by atoms with van der Waals surface area (Å²) in [5, 5.41) is 1.73. The molecule has 2 aromatic carbocycles. The van der Waals surface area contributed by atoms with Gasteiger partial charge in [-0.25, -0.2) is 13.2 Å². The molecule has 0 unspecified atom stereocenters. The maximum absolute atomic E-state index is 12.7. The number of alkyl halides is 3. The minimum Gasteiger partial charge on any atom is -0.348 e. The van der Waals surface area contributed by atoms with Crippen molar-refractivity contribution in [3.05, 3.63) is 53.1 Å². The first-order chi connectivity index (χ1) is 13.9. The van der Waals surface area contributed by atoms with E-state index in [0.29, 0.717) is 5.56 Å². The summed E-state index contributed by atoms with van der Waals surface area (Å²) in [5.41, 5.74) is 0.364. The molecule has 0 aromatic heterocycles. The maximum Gasteiger partial charge on any atom is 0.471 e. The minimum absolute atomic E-state index is 0.0205. The summed E-state index contributed by atoms with van der Waals surface area (Å²) in [4.78, 5) is 30.3. The van der Waals surface area contributed by atoms with Gasteiger partial charge in [0.15, 0.2) is 5.75 Å². The quantitative estimate of drug-likeness (QED) is 0.498. The Labute approximate surface area is 174 Å². The molecule has 0 fully saturated rings. The Morgan fingerprint density at radius 1 is 1.07 bits per heavy atom. The molecule has 1 N–H and O–H groups in total. The Bertz CT molecular complexity index is 1040. The molecule has 0 saturated heterocycles. The molecule has 0 spiro atoms. The fraction of sp³-hybridized carbons (Fsp3) is 0.222. The Morgan fingerprint density at radius 2 is 1.67 bits per heavy atom. The molecule has 0 atom stereocenters. The van der Waals surface area contributed by atoms with E-state index >= 15 is 0 Å². The first-order valence-corrected chi connectivity index (χ1v) is 10.1. The summed E-state index contributed by atoms with van der Waals surface area (Å²) in [6, 6.07) is 8.83. The average molecular weight is 466 g/mol. The van der Waals surface area contributed by atoms with Gasteiger partial charge in [-0.3, -0.25) is 14.6 Å². The highest BCUT2D eigenvalue weighted by Crippen LogP contribution is 2.27. The van der Waals surface area contributed by atoms with Crippen LogP contribution in [0.4, 0.5) is 13.2 Å². The van der Waals surface area contributed by atoms with Gasteiger partial charge in [0.2, 0.25) is 9.84 Å². The molecular formula is C18H15ClF3NO6S. The molecule has 7 nitrogen and oxygen atoms in total. The van der Waals surface area contributed by atoms with E-state index in [0.717, 1.165) is 6.92 Å². The number of hydrogen-bond acceptors (Lipinski definition) is 6. The first kappa shape index (κ1) is 23.5. The van der Waals surface area contributed by atoms with Crippen LogP contribution in [0.3, 0.4) is 0 Å². The molecule has 0 radical (unpaired) electrons. The van der Waals surface area contributed by atoms with Crippen LogP contribution in [0.1, 0.15) is 12.5 Å². The first-order valence-electron chi connectivity index (χ1n) is 8.25. The maximum atomic E-state index is 12.7. The highest BCUT2D eigenvalue weighted by atomic mass is 35.5. The molecule has 12 heteroatoms. The third kappa shape index (κ3) is 6.10. The van der Waals surface area contributed by atoms with Crippen molar-refractivity contribution >= 4 is 33.3 Å². The van der Waals surface area contributed by atoms with Crippen molar-refractivity contribution in [3.8, 4) is 5.75 Å². The second kappa shape index (κ2) is 9.35. The van der Waals surface area contributed by atoms with Gasteiger partial charge in [-0.05, 0) is 48.4 Å². The number of nitrogens with one attached hydrogen (secondary N) is 1. The van der Waals surface area contributed by atoms with E-state index in [1.54, 1.807) is 5.32 Å². The molecule has 0 saturated carbocycles. The molecule has 0 bridgehead atoms. The zero-order valence-corrected chi connectivity index (χ0v) is 16.9. The normalized spacial score (nSPS) is 11.6. The van der Waals surface area contributed by atoms with Gasteiger partial charge in [0.25, 0.3) is 0 Å². The number of benzene rings is 2. The summed E-state index contributed by atoms with van der Waals surface area (Å²) in [6.45, 7) is 0.810. The Balaban J connectivity index is 2.10. The SMILES string of the molecule is CC(=O)OOc1ccc(S(=O)(=O)c2ccc(CCNC(=O)C(F)(F)F)c(Cl)c2)cc1. The summed E-state index contributed by atoms with van der Waals surface area (Å²) < 4.78 is 61.9. The van der Waals surface area contributed by atoms with Crippen LogP contribution in [0.5, 0.6) is 5.75 Å². The van der Waals surface area contributed by atoms with Crippen molar-refractivity contribution in [3.63, 3.8) is 0 Å². The molecule has 2 rings (SSSR count). The fourth-order valence-corrected chi connectivity index (χ4v) is 3.85. The lowest BCUT2D eigenvalue weighted by atomic mass is 10.1. The third-order valence-electron chi connectivity index (χ3n) is 3.66. The lowest BCUT2D eigenvalue weighted by Gasteiger charge is -2.10. The van der Waals surface area contributed by atoms with Gasteiger partial charge in [-0.2, -0.15) is 13.2 Å². The van der Waals surface area contributed by atoms with Gasteiger partial charge in [0, 0.05) is 18.5 Å². The highest BCUT2D eigenvalue weighted by Gasteiger charge is 2.38. The van der Waals surface area contributed by atoms with E-state index in [4.69, 9.17) is 11.6 Å². The van der Waals surface area contributed by atoms with Crippen molar-refractivity contribution < 1.29 is 41.0 Å². The molecular weight excluding hydrogens is 451 g/mol. The lowest BCUT2D eigenvalue weighted by Crippen LogP contribution is -2.37. The second-order valence-electron chi connectivity index (χ2n) is 5.89. The molecule has 0 aliphatic carbocycles. The molecule has 162 valence electrons. The summed E-state index contributed by atoms with van der Waals surface area (Å²) >= 11 is 6.06. The van der Waals surface area contributed by atoms with Crippen molar-refractivity contribution in [2.24, 2.45) is 0 Å². The van der Waals surface area contributed by atoms with Crippen LogP contribution in [0, 0.1) is 0 Å². The van der Waals surface area contributed by atoms with E-state index in [-0.39, 0.29) is 33.5 Å². The number of rotatable bonds is 7. The van der Waals surface area contributed by atoms with Crippen LogP contribution in [0.15, 0.2) is 52.3 Å². The largest absolute Gasteiger partial charge is 0.471 e. The van der Waals surface area contributed by atoms with Crippen molar-refractivity contribution in [1.82, 2.24) is 5.32 Å². The van der Waals surface area contributed by atoms with Gasteiger partial charge in [0.1, 0.15) is 0 Å². The van der Waals surface area contributed by atoms with Gasteiger partial charge in [0.05, 0.1) is 9.79 Å². The zero-order chi connectivity index (χ0) is 22.5. The smallest absolute Gasteiger partial charge is 0.348 e. The standard InChI is InChI=1S/C18H15ClF3NO6S/c1-11(24)28-29-13-3-6-14(7-4-13)30(26,27)15-5-2-12(16(19)10-15)8-9-23-17(25)18(20,21)22/h2-7,10H,8-9H2,1H3,(H,23,25). The van der Waals surface area contributed by atoms with Gasteiger partial charge in [-0.15, -0.1) is 0 Å². The Kier molecular flexibility index (Phi) is 7.32. The monoisotopic (exact) mass is 465 g/mol. The average Bonchev–Trinajstić information content (AvgIpc) is 2.67. The van der Waals surface area contributed by atoms with Crippen LogP contribution >= 0.6 is 11.6 Å². The summed E-state index contributed by atoms with van der Waals surface area (Å²) in [6.07, 6.45) is -5.01. The summed E-state index contributed by atoms with van der Waals surface area (Å²) in [7, 11) is -3.95. The molecule has 0 aliphatic rings. The second-order valence-corrected chi connectivity index (χ2v) is 8.25. The number of carbonyl (C=O) groups is 2. The van der Waals surface area contributed by atoms with E-state index in [1.807, 2.05) is 0 Å². The van der Waals surface area contributed by atoms with Crippen LogP contribution in [-0.4, -0.2) is 33.0 Å². The number of hydrogen-bond donors (Lipinski definition) is 1. The molecule has 2 aromatic rings. The van der Waals surface area contributed by atoms with E-state index in [2.05, 4.69) is 9.78 Å². The predicted molar refractivity (Wildman–Crippen MR) is 98.5 cm³/mol. The van der Waals surface area contributed by atoms with Gasteiger partial charge in [-0.1, -0.05) is 17.7 Å². The predicted octanol–water partition coefficient (Wildman–Crippen LogP) is 3.25. The van der Waals surface area contributed by atoms with Crippen LogP contribution in [-0.2, 0) is 30.7 Å². The van der Waals surface area contributed by atoms with Crippen LogP contribution in [0.2, 0.25) is 5.02 Å². The Morgan fingerprint density at radius 3 is 2.20 bits per heavy atom. The van der Waals surface area contributed by atoms with E-state index in [1.165, 1.54) is 42.5 Å². The fourth-order valence-electron chi connectivity index (χ4n) is 2.23. The number of sulfone groups is 1. The molecule has 30 heavy (non-hydrogen) atoms. The Hall–Kier alpha value is -2.79. The van der Waals surface area contributed by atoms with Crippen LogP contribution in [0.25, 0.3) is 0 Å². The minimum atomic E-state index is -4.99. The third-order valence-corrected chi connectivity index (χ3v) is 5.78. The number of carbonyl (C=O) groups excluding carboxylic acids is 2. The number of halogens is 4. The van der Waals surface area contributed by atoms with Crippen molar-refractivity contribution in [2.45, 2.75) is 29.3 Å². The zero-order valence-electron chi connectivity index (χ0n) is 15.3. The molecule has 0 aliphatic heterocycles. The van der Waals surface area contributed by atoms with Gasteiger partial charge < -0.3 is 5.32 Å². The number of amides is 1. The van der Waals surface area contributed by atoms with Crippen molar-refractivity contribution in [1.29, 1.82) is 0 Å².